The van der Waals surface area contributed by atoms with Crippen LogP contribution in [-0.4, -0.2) is 4.98 Å². The summed E-state index contributed by atoms with van der Waals surface area (Å²) in [6.45, 7) is 1.96. The van der Waals surface area contributed by atoms with Crippen molar-refractivity contribution in [2.75, 3.05) is 0 Å². The summed E-state index contributed by atoms with van der Waals surface area (Å²) >= 11 is 11.4. The summed E-state index contributed by atoms with van der Waals surface area (Å²) in [7, 11) is 0. The Labute approximate surface area is 92.8 Å². The molecule has 60 valence electrons. The van der Waals surface area contributed by atoms with Gasteiger partial charge in [-0.1, -0.05) is 27.5 Å². The van der Waals surface area contributed by atoms with Crippen molar-refractivity contribution in [1.82, 2.24) is 4.98 Å². The zero-order valence-corrected chi connectivity index (χ0v) is 10.4. The lowest BCUT2D eigenvalue weighted by atomic mass is 10.2. The second kappa shape index (κ2) is 4.05. The average molecular weight is 346 g/mol. The number of aromatic nitrogens is 1. The van der Waals surface area contributed by atoms with Gasteiger partial charge in [0.25, 0.3) is 0 Å². The summed E-state index contributed by atoms with van der Waals surface area (Å²) in [6.07, 6.45) is 0. The highest BCUT2D eigenvalue weighted by molar-refractivity contribution is 14.1. The maximum atomic E-state index is 5.81. The third-order valence-electron chi connectivity index (χ3n) is 1.32. The van der Waals surface area contributed by atoms with Crippen molar-refractivity contribution in [3.8, 4) is 0 Å². The molecule has 0 fully saturated rings. The van der Waals surface area contributed by atoms with Crippen molar-refractivity contribution in [3.63, 3.8) is 0 Å². The van der Waals surface area contributed by atoms with Crippen molar-refractivity contribution in [3.05, 3.63) is 26.0 Å². The Morgan fingerprint density at radius 1 is 1.73 bits per heavy atom. The Morgan fingerprint density at radius 3 is 2.91 bits per heavy atom. The average Bonchev–Trinajstić information content (AvgIpc) is 1.97. The van der Waals surface area contributed by atoms with Crippen LogP contribution in [0.3, 0.4) is 0 Å². The van der Waals surface area contributed by atoms with Crippen LogP contribution in [-0.2, 0) is 5.33 Å². The first kappa shape index (κ1) is 9.74. The summed E-state index contributed by atoms with van der Waals surface area (Å²) in [6, 6.07) is 2.05. The first-order valence-corrected chi connectivity index (χ1v) is 5.60. The van der Waals surface area contributed by atoms with Crippen molar-refractivity contribution >= 4 is 50.1 Å². The maximum absolute atomic E-state index is 5.81. The second-order valence-corrected chi connectivity index (χ2v) is 4.12. The molecule has 0 bridgehead atoms. The molecule has 0 radical (unpaired) electrons. The van der Waals surface area contributed by atoms with Crippen molar-refractivity contribution in [1.29, 1.82) is 0 Å². The molecule has 0 saturated carbocycles. The Balaban J connectivity index is 3.21. The first-order chi connectivity index (χ1) is 5.15. The molecule has 0 atom stereocenters. The van der Waals surface area contributed by atoms with Gasteiger partial charge in [0, 0.05) is 5.33 Å². The Hall–Kier alpha value is 0.650. The summed E-state index contributed by atoms with van der Waals surface area (Å²) in [5.41, 5.74) is 2.22. The molecule has 1 aromatic heterocycles. The van der Waals surface area contributed by atoms with E-state index in [9.17, 15) is 0 Å². The lowest BCUT2D eigenvalue weighted by Crippen LogP contribution is -1.91. The van der Waals surface area contributed by atoms with Gasteiger partial charge >= 0.3 is 0 Å². The summed E-state index contributed by atoms with van der Waals surface area (Å²) in [5, 5.41) is 1.43. The van der Waals surface area contributed by atoms with E-state index in [-0.39, 0.29) is 0 Å². The normalized spacial score (nSPS) is 10.2. The zero-order chi connectivity index (χ0) is 8.43. The monoisotopic (exact) mass is 345 g/mol. The van der Waals surface area contributed by atoms with Crippen LogP contribution in [0.2, 0.25) is 5.15 Å². The molecule has 0 aliphatic heterocycles. The van der Waals surface area contributed by atoms with Crippen molar-refractivity contribution in [2.24, 2.45) is 0 Å². The molecule has 1 aromatic rings. The minimum Gasteiger partial charge on any atom is -0.230 e. The number of rotatable bonds is 1. The van der Waals surface area contributed by atoms with Crippen LogP contribution in [0.15, 0.2) is 6.07 Å². The number of aryl methyl sites for hydroxylation is 1. The number of halogens is 3. The maximum Gasteiger partial charge on any atom is 0.133 e. The van der Waals surface area contributed by atoms with Crippen molar-refractivity contribution < 1.29 is 0 Å². The highest BCUT2D eigenvalue weighted by Gasteiger charge is 2.03. The predicted octanol–water partition coefficient (Wildman–Crippen LogP) is 3.54. The highest BCUT2D eigenvalue weighted by atomic mass is 127. The zero-order valence-electron chi connectivity index (χ0n) is 5.87. The van der Waals surface area contributed by atoms with Gasteiger partial charge < -0.3 is 0 Å². The number of hydrogen-bond acceptors (Lipinski definition) is 1. The molecule has 0 N–H and O–H groups in total. The van der Waals surface area contributed by atoms with E-state index in [1.807, 2.05) is 13.0 Å². The van der Waals surface area contributed by atoms with Crippen LogP contribution >= 0.6 is 50.1 Å². The quantitative estimate of drug-likeness (QED) is 0.431. The van der Waals surface area contributed by atoms with E-state index in [0.717, 1.165) is 14.6 Å². The number of alkyl halides is 1. The van der Waals surface area contributed by atoms with Crippen LogP contribution in [0.5, 0.6) is 0 Å². The molecular weight excluding hydrogens is 340 g/mol. The SMILES string of the molecule is Cc1cc(CBr)c(I)nc1Cl. The van der Waals surface area contributed by atoms with Gasteiger partial charge in [0.2, 0.25) is 0 Å². The van der Waals surface area contributed by atoms with Crippen LogP contribution in [0.25, 0.3) is 0 Å². The smallest absolute Gasteiger partial charge is 0.133 e. The third kappa shape index (κ3) is 2.29. The first-order valence-electron chi connectivity index (χ1n) is 3.02. The number of pyridine rings is 1. The second-order valence-electron chi connectivity index (χ2n) is 2.18. The lowest BCUT2D eigenvalue weighted by Gasteiger charge is -2.02. The molecular formula is C7H6BrClIN. The molecule has 0 amide bonds. The molecule has 0 unspecified atom stereocenters. The third-order valence-corrected chi connectivity index (χ3v) is 3.24. The van der Waals surface area contributed by atoms with Gasteiger partial charge in [-0.3, -0.25) is 0 Å². The molecule has 11 heavy (non-hydrogen) atoms. The van der Waals surface area contributed by atoms with Gasteiger partial charge in [-0.15, -0.1) is 0 Å². The van der Waals surface area contributed by atoms with E-state index in [1.165, 1.54) is 5.56 Å². The molecule has 1 rings (SSSR count). The molecule has 0 aromatic carbocycles. The van der Waals surface area contributed by atoms with Gasteiger partial charge in [0.1, 0.15) is 8.85 Å². The topological polar surface area (TPSA) is 12.9 Å². The van der Waals surface area contributed by atoms with E-state index in [4.69, 9.17) is 11.6 Å². The Morgan fingerprint density at radius 2 is 2.36 bits per heavy atom. The Kier molecular flexibility index (Phi) is 3.58. The molecule has 4 heteroatoms. The molecule has 0 aliphatic carbocycles. The molecule has 0 spiro atoms. The molecule has 0 aliphatic rings. The van der Waals surface area contributed by atoms with Gasteiger partial charge in [-0.05, 0) is 46.7 Å². The molecule has 1 nitrogen and oxygen atoms in total. The van der Waals surface area contributed by atoms with Crippen molar-refractivity contribution in [2.45, 2.75) is 12.3 Å². The summed E-state index contributed by atoms with van der Waals surface area (Å²) in [5.74, 6) is 0. The van der Waals surface area contributed by atoms with E-state index in [0.29, 0.717) is 5.15 Å². The number of nitrogens with zero attached hydrogens (tertiary/aromatic N) is 1. The van der Waals surface area contributed by atoms with Crippen LogP contribution < -0.4 is 0 Å². The minimum absolute atomic E-state index is 0.596. The lowest BCUT2D eigenvalue weighted by molar-refractivity contribution is 1.17. The van der Waals surface area contributed by atoms with Gasteiger partial charge in [0.15, 0.2) is 0 Å². The summed E-state index contributed by atoms with van der Waals surface area (Å²) in [4.78, 5) is 4.17. The van der Waals surface area contributed by atoms with E-state index in [1.54, 1.807) is 0 Å². The number of hydrogen-bond donors (Lipinski definition) is 0. The minimum atomic E-state index is 0.596. The van der Waals surface area contributed by atoms with E-state index in [2.05, 4.69) is 43.5 Å². The van der Waals surface area contributed by atoms with Crippen LogP contribution in [0.1, 0.15) is 11.1 Å². The largest absolute Gasteiger partial charge is 0.230 e. The molecule has 1 heterocycles. The van der Waals surface area contributed by atoms with E-state index < -0.39 is 0 Å². The predicted molar refractivity (Wildman–Crippen MR) is 59.3 cm³/mol. The fourth-order valence-electron chi connectivity index (χ4n) is 0.720. The standard InChI is InChI=1S/C7H6BrClIN/c1-4-2-5(3-8)7(10)11-6(4)9/h2H,3H2,1H3. The van der Waals surface area contributed by atoms with Crippen LogP contribution in [0.4, 0.5) is 0 Å². The fraction of sp³-hybridized carbons (Fsp3) is 0.286. The van der Waals surface area contributed by atoms with E-state index >= 15 is 0 Å². The highest BCUT2D eigenvalue weighted by Crippen LogP contribution is 2.20. The molecule has 0 saturated heterocycles. The van der Waals surface area contributed by atoms with Gasteiger partial charge in [0.05, 0.1) is 0 Å². The van der Waals surface area contributed by atoms with Gasteiger partial charge in [-0.2, -0.15) is 0 Å². The van der Waals surface area contributed by atoms with Crippen LogP contribution in [0, 0.1) is 10.6 Å². The Bertz CT molecular complexity index is 277. The van der Waals surface area contributed by atoms with Gasteiger partial charge in [-0.25, -0.2) is 4.98 Å². The summed E-state index contributed by atoms with van der Waals surface area (Å²) < 4.78 is 0.968. The fourth-order valence-corrected chi connectivity index (χ4v) is 2.54.